The van der Waals surface area contributed by atoms with Crippen molar-refractivity contribution >= 4 is 56.4 Å². The second-order valence-corrected chi connectivity index (χ2v) is 11.9. The zero-order valence-electron chi connectivity index (χ0n) is 18.9. The summed E-state index contributed by atoms with van der Waals surface area (Å²) >= 11 is 7.00. The molecule has 1 atom stereocenters. The topological polar surface area (TPSA) is 116 Å². The van der Waals surface area contributed by atoms with Crippen LogP contribution in [0.15, 0.2) is 36.4 Å². The largest absolute Gasteiger partial charge is 0.350 e. The third-order valence-corrected chi connectivity index (χ3v) is 7.96. The number of carbonyl (C=O) groups excluding carboxylic acids is 3. The number of amides is 3. The summed E-state index contributed by atoms with van der Waals surface area (Å²) in [6, 6.07) is 9.23. The first-order valence-electron chi connectivity index (χ1n) is 10.7. The average Bonchev–Trinajstić information content (AvgIpc) is 3.23. The molecule has 0 bridgehead atoms. The van der Waals surface area contributed by atoms with Gasteiger partial charge in [-0.1, -0.05) is 11.6 Å². The molecular formula is C22H27ClN4O5S2. The molecule has 3 amide bonds. The van der Waals surface area contributed by atoms with Crippen LogP contribution in [0.2, 0.25) is 4.34 Å². The fourth-order valence-corrected chi connectivity index (χ4v) is 4.89. The number of piperidine rings is 1. The van der Waals surface area contributed by atoms with E-state index in [0.717, 1.165) is 40.4 Å². The monoisotopic (exact) mass is 526 g/mol. The molecule has 3 rings (SSSR count). The van der Waals surface area contributed by atoms with Crippen LogP contribution in [0.1, 0.15) is 39.3 Å². The molecule has 1 saturated heterocycles. The van der Waals surface area contributed by atoms with E-state index in [-0.39, 0.29) is 24.9 Å². The molecule has 34 heavy (non-hydrogen) atoms. The van der Waals surface area contributed by atoms with E-state index in [1.807, 2.05) is 0 Å². The molecule has 9 nitrogen and oxygen atoms in total. The molecule has 0 radical (unpaired) electrons. The van der Waals surface area contributed by atoms with Crippen molar-refractivity contribution in [1.29, 1.82) is 0 Å². The summed E-state index contributed by atoms with van der Waals surface area (Å²) in [7, 11) is -2.08. The molecule has 2 heterocycles. The maximum Gasteiger partial charge on any atom is 0.261 e. The van der Waals surface area contributed by atoms with Gasteiger partial charge in [0.15, 0.2) is 0 Å². The first kappa shape index (κ1) is 26.1. The number of nitrogens with one attached hydrogen (secondary N) is 2. The molecule has 1 unspecified atom stereocenters. The quantitative estimate of drug-likeness (QED) is 0.520. The number of likely N-dealkylation sites (N-methyl/N-ethyl adjacent to an activating group) is 1. The van der Waals surface area contributed by atoms with Gasteiger partial charge in [0.05, 0.1) is 21.5 Å². The highest BCUT2D eigenvalue weighted by Crippen LogP contribution is 2.22. The Kier molecular flexibility index (Phi) is 8.69. The summed E-state index contributed by atoms with van der Waals surface area (Å²) in [4.78, 5) is 39.4. The van der Waals surface area contributed by atoms with Gasteiger partial charge in [0.25, 0.3) is 11.8 Å². The second kappa shape index (κ2) is 11.3. The summed E-state index contributed by atoms with van der Waals surface area (Å²) < 4.78 is 25.3. The molecular weight excluding hydrogens is 500 g/mol. The van der Waals surface area contributed by atoms with E-state index >= 15 is 0 Å². The van der Waals surface area contributed by atoms with E-state index in [1.54, 1.807) is 41.3 Å². The fourth-order valence-electron chi connectivity index (χ4n) is 3.49. The molecule has 0 aliphatic carbocycles. The molecule has 1 aromatic heterocycles. The van der Waals surface area contributed by atoms with Gasteiger partial charge in [0.1, 0.15) is 0 Å². The number of halogens is 1. The molecule has 1 aliphatic heterocycles. The minimum absolute atomic E-state index is 0.00982. The average molecular weight is 527 g/mol. The third-order valence-electron chi connectivity index (χ3n) is 5.45. The Hall–Kier alpha value is -2.47. The smallest absolute Gasteiger partial charge is 0.261 e. The van der Waals surface area contributed by atoms with Crippen LogP contribution in [0.3, 0.4) is 0 Å². The van der Waals surface area contributed by atoms with Crippen molar-refractivity contribution in [3.05, 3.63) is 51.2 Å². The lowest BCUT2D eigenvalue weighted by Gasteiger charge is -2.27. The van der Waals surface area contributed by atoms with Gasteiger partial charge in [-0.3, -0.25) is 14.4 Å². The number of rotatable bonds is 9. The van der Waals surface area contributed by atoms with Crippen LogP contribution in [-0.2, 0) is 14.8 Å². The lowest BCUT2D eigenvalue weighted by atomic mass is 10.1. The Morgan fingerprint density at radius 3 is 2.44 bits per heavy atom. The van der Waals surface area contributed by atoms with Gasteiger partial charge in [-0.15, -0.1) is 11.3 Å². The molecule has 0 saturated carbocycles. The lowest BCUT2D eigenvalue weighted by molar-refractivity contribution is -0.119. The van der Waals surface area contributed by atoms with Crippen LogP contribution in [0.25, 0.3) is 0 Å². The highest BCUT2D eigenvalue weighted by Gasteiger charge is 2.23. The first-order valence-corrected chi connectivity index (χ1v) is 13.7. The lowest BCUT2D eigenvalue weighted by Crippen LogP contribution is -2.50. The highest BCUT2D eigenvalue weighted by atomic mass is 35.5. The number of hydrogen-bond donors (Lipinski definition) is 2. The number of hydrogen-bond acceptors (Lipinski definition) is 6. The first-order chi connectivity index (χ1) is 16.0. The molecule has 0 spiro atoms. The minimum atomic E-state index is -3.49. The van der Waals surface area contributed by atoms with Crippen LogP contribution in [0.4, 0.5) is 5.69 Å². The molecule has 1 aliphatic rings. The van der Waals surface area contributed by atoms with Crippen LogP contribution >= 0.6 is 22.9 Å². The molecule has 1 aromatic carbocycles. The summed E-state index contributed by atoms with van der Waals surface area (Å²) in [5.74, 6) is -0.713. The van der Waals surface area contributed by atoms with Gasteiger partial charge < -0.3 is 15.5 Å². The third kappa shape index (κ3) is 7.02. The van der Waals surface area contributed by atoms with Gasteiger partial charge in [0, 0.05) is 44.4 Å². The van der Waals surface area contributed by atoms with Crippen molar-refractivity contribution in [2.45, 2.75) is 25.3 Å². The summed E-state index contributed by atoms with van der Waals surface area (Å²) in [5.41, 5.74) is 1.13. The maximum absolute atomic E-state index is 12.7. The van der Waals surface area contributed by atoms with E-state index in [9.17, 15) is 22.8 Å². The molecule has 1 fully saturated rings. The maximum atomic E-state index is 12.7. The van der Waals surface area contributed by atoms with Crippen molar-refractivity contribution in [2.75, 3.05) is 37.8 Å². The van der Waals surface area contributed by atoms with Crippen molar-refractivity contribution < 1.29 is 22.8 Å². The van der Waals surface area contributed by atoms with Gasteiger partial charge >= 0.3 is 0 Å². The van der Waals surface area contributed by atoms with Gasteiger partial charge in [-0.25, -0.2) is 12.7 Å². The van der Waals surface area contributed by atoms with Crippen molar-refractivity contribution in [3.63, 3.8) is 0 Å². The van der Waals surface area contributed by atoms with E-state index in [4.69, 9.17) is 11.6 Å². The number of anilines is 1. The van der Waals surface area contributed by atoms with E-state index in [2.05, 4.69) is 10.6 Å². The Morgan fingerprint density at radius 1 is 1.15 bits per heavy atom. The SMILES string of the molecule is CN(CC(CNC(=O)c1ccc(N2CCCCC2=O)cc1)NC(=O)c1ccc(Cl)s1)S(C)(=O)=O. The number of carbonyl (C=O) groups is 3. The van der Waals surface area contributed by atoms with Crippen molar-refractivity contribution in [3.8, 4) is 0 Å². The Labute approximate surface area is 208 Å². The predicted octanol–water partition coefficient (Wildman–Crippen LogP) is 2.34. The Balaban J connectivity index is 1.65. The van der Waals surface area contributed by atoms with Crippen LogP contribution < -0.4 is 15.5 Å². The normalized spacial score (nSPS) is 15.3. The van der Waals surface area contributed by atoms with E-state index in [1.165, 1.54) is 7.05 Å². The highest BCUT2D eigenvalue weighted by molar-refractivity contribution is 7.88. The van der Waals surface area contributed by atoms with E-state index < -0.39 is 22.0 Å². The summed E-state index contributed by atoms with van der Waals surface area (Å²) in [6.45, 7) is 0.644. The molecule has 2 N–H and O–H groups in total. The van der Waals surface area contributed by atoms with Gasteiger partial charge in [-0.05, 0) is 49.2 Å². The van der Waals surface area contributed by atoms with Crippen LogP contribution in [-0.4, -0.2) is 69.4 Å². The zero-order valence-corrected chi connectivity index (χ0v) is 21.3. The molecule has 12 heteroatoms. The number of benzene rings is 1. The van der Waals surface area contributed by atoms with Crippen molar-refractivity contribution in [1.82, 2.24) is 14.9 Å². The molecule has 184 valence electrons. The van der Waals surface area contributed by atoms with Gasteiger partial charge in [-0.2, -0.15) is 0 Å². The van der Waals surface area contributed by atoms with Gasteiger partial charge in [0.2, 0.25) is 15.9 Å². The fraction of sp³-hybridized carbons (Fsp3) is 0.409. The second-order valence-electron chi connectivity index (χ2n) is 8.08. The zero-order chi connectivity index (χ0) is 24.9. The van der Waals surface area contributed by atoms with Crippen LogP contribution in [0, 0.1) is 0 Å². The number of sulfonamides is 1. The number of thiophene rings is 1. The predicted molar refractivity (Wildman–Crippen MR) is 133 cm³/mol. The Morgan fingerprint density at radius 2 is 1.85 bits per heavy atom. The molecule has 2 aromatic rings. The van der Waals surface area contributed by atoms with Crippen LogP contribution in [0.5, 0.6) is 0 Å². The van der Waals surface area contributed by atoms with Crippen molar-refractivity contribution in [2.24, 2.45) is 0 Å². The standard InChI is InChI=1S/C22H27ClN4O5S2/c1-26(34(2,31)32)14-16(25-22(30)18-10-11-19(23)33-18)13-24-21(29)15-6-8-17(9-7-15)27-12-4-3-5-20(27)28/h6-11,16H,3-5,12-14H2,1-2H3,(H,24,29)(H,25,30). The summed E-state index contributed by atoms with van der Waals surface area (Å²) in [5, 5.41) is 5.51. The van der Waals surface area contributed by atoms with E-state index in [0.29, 0.717) is 27.7 Å². The minimum Gasteiger partial charge on any atom is -0.350 e. The Bertz CT molecular complexity index is 1150. The summed E-state index contributed by atoms with van der Waals surface area (Å²) in [6.07, 6.45) is 3.43. The number of nitrogens with zero attached hydrogens (tertiary/aromatic N) is 2.